The fourth-order valence-corrected chi connectivity index (χ4v) is 10.5. The van der Waals surface area contributed by atoms with Crippen LogP contribution in [0.4, 0.5) is 17.1 Å². The summed E-state index contributed by atoms with van der Waals surface area (Å²) in [5.74, 6) is 0.893. The van der Waals surface area contributed by atoms with Gasteiger partial charge >= 0.3 is 0 Å². The van der Waals surface area contributed by atoms with E-state index >= 15 is 0 Å². The molecular weight excluding hydrogens is 729 g/mol. The van der Waals surface area contributed by atoms with Crippen molar-refractivity contribution in [3.05, 3.63) is 241 Å². The van der Waals surface area contributed by atoms with Crippen molar-refractivity contribution in [3.63, 3.8) is 0 Å². The molecule has 0 unspecified atom stereocenters. The minimum Gasteiger partial charge on any atom is -0.310 e. The number of hydrogen-bond donors (Lipinski definition) is 0. The van der Waals surface area contributed by atoms with E-state index in [1.165, 1.54) is 55.6 Å². The summed E-state index contributed by atoms with van der Waals surface area (Å²) in [4.78, 5) is 7.62. The summed E-state index contributed by atoms with van der Waals surface area (Å²) >= 11 is 0. The van der Waals surface area contributed by atoms with E-state index < -0.39 is 5.41 Å². The maximum Gasteiger partial charge on any atom is 0.220 e. The third-order valence-electron chi connectivity index (χ3n) is 12.9. The first kappa shape index (κ1) is 33.1. The molecule has 2 aliphatic carbocycles. The second-order valence-electron chi connectivity index (χ2n) is 15.9. The van der Waals surface area contributed by atoms with Crippen LogP contribution in [0.1, 0.15) is 22.3 Å². The molecule has 0 amide bonds. The minimum atomic E-state index is -0.396. The molecule has 0 atom stereocenters. The molecular formula is C56H36N4. The molecule has 11 aromatic rings. The average molecular weight is 765 g/mol. The van der Waals surface area contributed by atoms with E-state index in [9.17, 15) is 0 Å². The van der Waals surface area contributed by atoms with Gasteiger partial charge in [-0.25, -0.2) is 4.98 Å². The molecule has 280 valence electrons. The number of imidazole rings is 2. The van der Waals surface area contributed by atoms with E-state index in [1.807, 2.05) is 0 Å². The standard InChI is InChI=1S/C56H36N4/c1-3-15-37(16-4-1)38-27-29-40(30-28-38)58(42-32-34-53-54(36-42)60-52-26-14-13-25-51(52)57-55(60)59(53)39-17-5-2-6-18-39)41-31-33-50-46(35-41)45-21-9-12-24-49(45)56(50)47-22-10-7-19-43(47)44-20-8-11-23-48(44)56/h1-36H. The molecule has 0 radical (unpaired) electrons. The third kappa shape index (κ3) is 4.47. The first-order valence-corrected chi connectivity index (χ1v) is 20.6. The summed E-state index contributed by atoms with van der Waals surface area (Å²) in [6.45, 7) is 0. The molecule has 0 bridgehead atoms. The van der Waals surface area contributed by atoms with Gasteiger partial charge in [-0.15, -0.1) is 0 Å². The molecule has 9 aromatic carbocycles. The zero-order chi connectivity index (χ0) is 39.4. The van der Waals surface area contributed by atoms with Crippen LogP contribution in [0.15, 0.2) is 218 Å². The Kier molecular flexibility index (Phi) is 6.90. The molecule has 60 heavy (non-hydrogen) atoms. The van der Waals surface area contributed by atoms with E-state index in [4.69, 9.17) is 4.98 Å². The molecule has 0 saturated carbocycles. The van der Waals surface area contributed by atoms with Crippen LogP contribution in [0.2, 0.25) is 0 Å². The van der Waals surface area contributed by atoms with E-state index in [1.54, 1.807) is 0 Å². The van der Waals surface area contributed by atoms with Crippen LogP contribution in [0, 0.1) is 0 Å². The zero-order valence-corrected chi connectivity index (χ0v) is 32.6. The van der Waals surface area contributed by atoms with Gasteiger partial charge in [-0.3, -0.25) is 8.97 Å². The molecule has 4 nitrogen and oxygen atoms in total. The van der Waals surface area contributed by atoms with Gasteiger partial charge in [0.1, 0.15) is 0 Å². The normalized spacial score (nSPS) is 13.1. The smallest absolute Gasteiger partial charge is 0.220 e. The highest BCUT2D eigenvalue weighted by Crippen LogP contribution is 2.63. The van der Waals surface area contributed by atoms with Crippen LogP contribution in [0.25, 0.3) is 66.9 Å². The Morgan fingerprint density at radius 2 is 0.883 bits per heavy atom. The number of benzene rings is 9. The van der Waals surface area contributed by atoms with Gasteiger partial charge in [-0.2, -0.15) is 0 Å². The van der Waals surface area contributed by atoms with Crippen LogP contribution < -0.4 is 4.90 Å². The number of para-hydroxylation sites is 3. The number of fused-ring (bicyclic) bond motifs is 15. The molecule has 2 aromatic heterocycles. The Morgan fingerprint density at radius 3 is 1.58 bits per heavy atom. The Bertz CT molecular complexity index is 3440. The summed E-state index contributed by atoms with van der Waals surface area (Å²) in [6, 6.07) is 79.7. The molecule has 13 rings (SSSR count). The number of aromatic nitrogens is 3. The SMILES string of the molecule is c1ccc(-c2ccc(N(c3ccc4c(c3)-c3ccccc3C43c4ccccc4-c4ccccc43)c3ccc4c(c3)n3c5ccccc5nc3n4-c3ccccc3)cc2)cc1. The van der Waals surface area contributed by atoms with E-state index in [0.29, 0.717) is 0 Å². The maximum atomic E-state index is 5.20. The van der Waals surface area contributed by atoms with Crippen LogP contribution in [0.5, 0.6) is 0 Å². The van der Waals surface area contributed by atoms with Crippen molar-refractivity contribution >= 4 is 44.9 Å². The minimum absolute atomic E-state index is 0.396. The molecule has 0 N–H and O–H groups in total. The summed E-state index contributed by atoms with van der Waals surface area (Å²) in [5, 5.41) is 0. The summed E-state index contributed by atoms with van der Waals surface area (Å²) < 4.78 is 4.59. The topological polar surface area (TPSA) is 25.5 Å². The molecule has 0 aliphatic heterocycles. The predicted octanol–water partition coefficient (Wildman–Crippen LogP) is 13.9. The number of nitrogens with zero attached hydrogens (tertiary/aromatic N) is 4. The second-order valence-corrected chi connectivity index (χ2v) is 15.9. The van der Waals surface area contributed by atoms with Crippen molar-refractivity contribution in [2.45, 2.75) is 5.41 Å². The fourth-order valence-electron chi connectivity index (χ4n) is 10.5. The van der Waals surface area contributed by atoms with Crippen molar-refractivity contribution in [1.29, 1.82) is 0 Å². The van der Waals surface area contributed by atoms with Crippen LogP contribution in [-0.4, -0.2) is 14.0 Å². The van der Waals surface area contributed by atoms with Crippen molar-refractivity contribution < 1.29 is 0 Å². The lowest BCUT2D eigenvalue weighted by Crippen LogP contribution is -2.25. The average Bonchev–Trinajstić information content (AvgIpc) is 4.03. The number of hydrogen-bond acceptors (Lipinski definition) is 2. The second kappa shape index (κ2) is 12.5. The number of anilines is 3. The maximum absolute atomic E-state index is 5.20. The molecule has 0 fully saturated rings. The van der Waals surface area contributed by atoms with Gasteiger partial charge in [0.25, 0.3) is 0 Å². The summed E-state index contributed by atoms with van der Waals surface area (Å²) in [7, 11) is 0. The highest BCUT2D eigenvalue weighted by Gasteiger charge is 2.51. The van der Waals surface area contributed by atoms with Gasteiger partial charge in [-0.1, -0.05) is 152 Å². The molecule has 2 aliphatic rings. The van der Waals surface area contributed by atoms with Crippen LogP contribution in [-0.2, 0) is 5.41 Å². The van der Waals surface area contributed by atoms with E-state index in [0.717, 1.165) is 50.6 Å². The first-order valence-electron chi connectivity index (χ1n) is 20.6. The van der Waals surface area contributed by atoms with Crippen LogP contribution in [0.3, 0.4) is 0 Å². The number of rotatable bonds is 5. The monoisotopic (exact) mass is 764 g/mol. The Labute approximate surface area is 347 Å². The van der Waals surface area contributed by atoms with E-state index in [-0.39, 0.29) is 0 Å². The molecule has 2 heterocycles. The van der Waals surface area contributed by atoms with Crippen molar-refractivity contribution in [2.75, 3.05) is 4.90 Å². The Balaban J connectivity index is 1.06. The van der Waals surface area contributed by atoms with Gasteiger partial charge in [0.2, 0.25) is 5.78 Å². The van der Waals surface area contributed by atoms with Crippen molar-refractivity contribution in [3.8, 4) is 39.1 Å². The van der Waals surface area contributed by atoms with Gasteiger partial charge in [0.15, 0.2) is 0 Å². The lowest BCUT2D eigenvalue weighted by Gasteiger charge is -2.31. The molecule has 1 spiro atoms. The van der Waals surface area contributed by atoms with Crippen LogP contribution >= 0.6 is 0 Å². The summed E-state index contributed by atoms with van der Waals surface area (Å²) in [6.07, 6.45) is 0. The Morgan fingerprint density at radius 1 is 0.367 bits per heavy atom. The lowest BCUT2D eigenvalue weighted by molar-refractivity contribution is 0.794. The van der Waals surface area contributed by atoms with Gasteiger partial charge in [0.05, 0.1) is 27.5 Å². The largest absolute Gasteiger partial charge is 0.310 e. The lowest BCUT2D eigenvalue weighted by atomic mass is 9.70. The van der Waals surface area contributed by atoms with Crippen molar-refractivity contribution in [1.82, 2.24) is 14.0 Å². The van der Waals surface area contributed by atoms with Gasteiger partial charge in [-0.05, 0) is 122 Å². The quantitative estimate of drug-likeness (QED) is 0.174. The highest BCUT2D eigenvalue weighted by molar-refractivity contribution is 5.98. The highest BCUT2D eigenvalue weighted by atomic mass is 15.2. The van der Waals surface area contributed by atoms with Gasteiger partial charge in [0, 0.05) is 22.7 Å². The Hall–Kier alpha value is -7.95. The fraction of sp³-hybridized carbons (Fsp3) is 0.0179. The van der Waals surface area contributed by atoms with Crippen molar-refractivity contribution in [2.24, 2.45) is 0 Å². The summed E-state index contributed by atoms with van der Waals surface area (Å²) in [5.41, 5.74) is 21.1. The third-order valence-corrected chi connectivity index (χ3v) is 12.9. The first-order chi connectivity index (χ1) is 29.8. The van der Waals surface area contributed by atoms with E-state index in [2.05, 4.69) is 232 Å². The predicted molar refractivity (Wildman–Crippen MR) is 246 cm³/mol. The zero-order valence-electron chi connectivity index (χ0n) is 32.6. The molecule has 0 saturated heterocycles. The molecule has 4 heteroatoms. The van der Waals surface area contributed by atoms with Gasteiger partial charge < -0.3 is 4.90 Å².